The van der Waals surface area contributed by atoms with Gasteiger partial charge < -0.3 is 0 Å². The molecule has 0 saturated heterocycles. The SMILES string of the molecule is CCCCn1ncn(C)c1=O. The summed E-state index contributed by atoms with van der Waals surface area (Å²) in [6.45, 7) is 2.82. The molecular weight excluding hydrogens is 142 g/mol. The van der Waals surface area contributed by atoms with Crippen molar-refractivity contribution >= 4 is 0 Å². The van der Waals surface area contributed by atoms with Gasteiger partial charge in [0.05, 0.1) is 0 Å². The van der Waals surface area contributed by atoms with Crippen molar-refractivity contribution in [1.29, 1.82) is 0 Å². The molecule has 0 aliphatic rings. The summed E-state index contributed by atoms with van der Waals surface area (Å²) in [6, 6.07) is 0. The molecule has 1 heterocycles. The molecule has 0 aromatic carbocycles. The van der Waals surface area contributed by atoms with Crippen LogP contribution in [-0.2, 0) is 13.6 Å². The lowest BCUT2D eigenvalue weighted by Crippen LogP contribution is -2.22. The van der Waals surface area contributed by atoms with Gasteiger partial charge in [-0.1, -0.05) is 13.3 Å². The van der Waals surface area contributed by atoms with Crippen LogP contribution in [0.2, 0.25) is 0 Å². The van der Waals surface area contributed by atoms with Gasteiger partial charge in [-0.2, -0.15) is 5.10 Å². The Kier molecular flexibility index (Phi) is 2.46. The van der Waals surface area contributed by atoms with E-state index in [1.165, 1.54) is 15.6 Å². The Bertz CT molecular complexity index is 273. The Balaban J connectivity index is 2.71. The van der Waals surface area contributed by atoms with Crippen LogP contribution in [0.25, 0.3) is 0 Å². The Hall–Kier alpha value is -1.06. The van der Waals surface area contributed by atoms with Crippen LogP contribution in [0.1, 0.15) is 19.8 Å². The van der Waals surface area contributed by atoms with Crippen molar-refractivity contribution in [2.24, 2.45) is 7.05 Å². The van der Waals surface area contributed by atoms with Crippen LogP contribution in [0.3, 0.4) is 0 Å². The van der Waals surface area contributed by atoms with Gasteiger partial charge in [-0.05, 0) is 6.42 Å². The minimum Gasteiger partial charge on any atom is -0.285 e. The predicted octanol–water partition coefficient (Wildman–Crippen LogP) is 0.382. The van der Waals surface area contributed by atoms with Crippen molar-refractivity contribution < 1.29 is 0 Å². The number of hydrogen-bond acceptors (Lipinski definition) is 2. The highest BCUT2D eigenvalue weighted by molar-refractivity contribution is 4.64. The lowest BCUT2D eigenvalue weighted by Gasteiger charge is -1.94. The van der Waals surface area contributed by atoms with Crippen LogP contribution in [0.15, 0.2) is 11.1 Å². The van der Waals surface area contributed by atoms with E-state index < -0.39 is 0 Å². The normalized spacial score (nSPS) is 10.4. The summed E-state index contributed by atoms with van der Waals surface area (Å²) in [7, 11) is 1.71. The van der Waals surface area contributed by atoms with Gasteiger partial charge in [-0.15, -0.1) is 0 Å². The van der Waals surface area contributed by atoms with Crippen LogP contribution in [0.4, 0.5) is 0 Å². The molecule has 0 aliphatic carbocycles. The van der Waals surface area contributed by atoms with E-state index in [1.807, 2.05) is 0 Å². The van der Waals surface area contributed by atoms with Crippen LogP contribution < -0.4 is 5.69 Å². The molecule has 0 aliphatic heterocycles. The molecule has 0 unspecified atom stereocenters. The average molecular weight is 155 g/mol. The number of aromatic nitrogens is 3. The maximum absolute atomic E-state index is 11.1. The van der Waals surface area contributed by atoms with E-state index in [1.54, 1.807) is 7.05 Å². The zero-order chi connectivity index (χ0) is 8.27. The average Bonchev–Trinajstić information content (AvgIpc) is 2.31. The van der Waals surface area contributed by atoms with E-state index in [0.717, 1.165) is 19.4 Å². The predicted molar refractivity (Wildman–Crippen MR) is 42.4 cm³/mol. The summed E-state index contributed by atoms with van der Waals surface area (Å²) in [6.07, 6.45) is 3.64. The lowest BCUT2D eigenvalue weighted by atomic mass is 10.3. The van der Waals surface area contributed by atoms with E-state index in [0.29, 0.717) is 0 Å². The van der Waals surface area contributed by atoms with Crippen LogP contribution in [0, 0.1) is 0 Å². The van der Waals surface area contributed by atoms with Crippen molar-refractivity contribution in [1.82, 2.24) is 14.3 Å². The monoisotopic (exact) mass is 155 g/mol. The molecule has 62 valence electrons. The van der Waals surface area contributed by atoms with E-state index in [4.69, 9.17) is 0 Å². The zero-order valence-electron chi connectivity index (χ0n) is 6.95. The van der Waals surface area contributed by atoms with Gasteiger partial charge in [0, 0.05) is 13.6 Å². The second-order valence-electron chi connectivity index (χ2n) is 2.60. The molecule has 0 N–H and O–H groups in total. The third-order valence-electron chi connectivity index (χ3n) is 1.61. The van der Waals surface area contributed by atoms with Crippen LogP contribution in [0.5, 0.6) is 0 Å². The minimum atomic E-state index is -0.0292. The first-order valence-electron chi connectivity index (χ1n) is 3.84. The highest BCUT2D eigenvalue weighted by Crippen LogP contribution is 1.88. The van der Waals surface area contributed by atoms with Gasteiger partial charge >= 0.3 is 5.69 Å². The van der Waals surface area contributed by atoms with Gasteiger partial charge in [0.1, 0.15) is 6.33 Å². The Morgan fingerprint density at radius 3 is 2.82 bits per heavy atom. The smallest absolute Gasteiger partial charge is 0.285 e. The summed E-state index contributed by atoms with van der Waals surface area (Å²) in [4.78, 5) is 11.1. The largest absolute Gasteiger partial charge is 0.345 e. The zero-order valence-corrected chi connectivity index (χ0v) is 6.95. The topological polar surface area (TPSA) is 39.8 Å². The molecule has 1 aromatic heterocycles. The summed E-state index contributed by atoms with van der Waals surface area (Å²) in [5.74, 6) is 0. The van der Waals surface area contributed by atoms with Crippen LogP contribution >= 0.6 is 0 Å². The maximum atomic E-state index is 11.1. The molecule has 4 heteroatoms. The number of unbranched alkanes of at least 4 members (excludes halogenated alkanes) is 1. The Morgan fingerprint density at radius 2 is 2.36 bits per heavy atom. The lowest BCUT2D eigenvalue weighted by molar-refractivity contribution is 0.548. The molecule has 1 rings (SSSR count). The first kappa shape index (κ1) is 8.04. The van der Waals surface area contributed by atoms with Crippen molar-refractivity contribution in [3.63, 3.8) is 0 Å². The fraction of sp³-hybridized carbons (Fsp3) is 0.714. The third-order valence-corrected chi connectivity index (χ3v) is 1.61. The second-order valence-corrected chi connectivity index (χ2v) is 2.60. The fourth-order valence-corrected chi connectivity index (χ4v) is 0.882. The first-order valence-corrected chi connectivity index (χ1v) is 3.84. The van der Waals surface area contributed by atoms with Gasteiger partial charge in [0.2, 0.25) is 0 Å². The van der Waals surface area contributed by atoms with Crippen molar-refractivity contribution in [2.45, 2.75) is 26.3 Å². The molecular formula is C7H13N3O. The molecule has 0 bridgehead atoms. The van der Waals surface area contributed by atoms with Crippen molar-refractivity contribution in [3.05, 3.63) is 16.8 Å². The highest BCUT2D eigenvalue weighted by atomic mass is 16.2. The van der Waals surface area contributed by atoms with E-state index >= 15 is 0 Å². The third kappa shape index (κ3) is 1.69. The molecule has 4 nitrogen and oxygen atoms in total. The van der Waals surface area contributed by atoms with Gasteiger partial charge in [-0.3, -0.25) is 4.57 Å². The second kappa shape index (κ2) is 3.37. The molecule has 1 aromatic rings. The Labute approximate surface area is 65.5 Å². The number of nitrogens with zero attached hydrogens (tertiary/aromatic N) is 3. The van der Waals surface area contributed by atoms with Gasteiger partial charge in [-0.25, -0.2) is 9.48 Å². The van der Waals surface area contributed by atoms with Crippen molar-refractivity contribution in [3.8, 4) is 0 Å². The maximum Gasteiger partial charge on any atom is 0.345 e. The molecule has 0 fully saturated rings. The number of hydrogen-bond donors (Lipinski definition) is 0. The molecule has 0 atom stereocenters. The van der Waals surface area contributed by atoms with E-state index in [-0.39, 0.29) is 5.69 Å². The van der Waals surface area contributed by atoms with Gasteiger partial charge in [0.15, 0.2) is 0 Å². The summed E-state index contributed by atoms with van der Waals surface area (Å²) in [5.41, 5.74) is -0.0292. The highest BCUT2D eigenvalue weighted by Gasteiger charge is 1.98. The van der Waals surface area contributed by atoms with E-state index in [2.05, 4.69) is 12.0 Å². The first-order chi connectivity index (χ1) is 5.25. The fourth-order valence-electron chi connectivity index (χ4n) is 0.882. The molecule has 11 heavy (non-hydrogen) atoms. The standard InChI is InChI=1S/C7H13N3O/c1-3-4-5-10-7(11)9(2)6-8-10/h6H,3-5H2,1-2H3. The van der Waals surface area contributed by atoms with Gasteiger partial charge in [0.25, 0.3) is 0 Å². The number of rotatable bonds is 3. The summed E-state index contributed by atoms with van der Waals surface area (Å²) < 4.78 is 2.97. The molecule has 0 spiro atoms. The van der Waals surface area contributed by atoms with Crippen LogP contribution in [-0.4, -0.2) is 14.3 Å². The summed E-state index contributed by atoms with van der Waals surface area (Å²) >= 11 is 0. The van der Waals surface area contributed by atoms with Crippen molar-refractivity contribution in [2.75, 3.05) is 0 Å². The summed E-state index contributed by atoms with van der Waals surface area (Å²) in [5, 5.41) is 3.92. The number of aryl methyl sites for hydroxylation is 2. The minimum absolute atomic E-state index is 0.0292. The molecule has 0 saturated carbocycles. The molecule has 0 radical (unpaired) electrons. The van der Waals surface area contributed by atoms with E-state index in [9.17, 15) is 4.79 Å². The quantitative estimate of drug-likeness (QED) is 0.633. The Morgan fingerprint density at radius 1 is 1.64 bits per heavy atom. The molecule has 0 amide bonds.